The maximum atomic E-state index is 8.93. The van der Waals surface area contributed by atoms with Gasteiger partial charge in [-0.2, -0.15) is 0 Å². The quantitative estimate of drug-likeness (QED) is 0.803. The summed E-state index contributed by atoms with van der Waals surface area (Å²) in [7, 11) is 3.95. The normalized spacial score (nSPS) is 10.4. The molecule has 0 aliphatic carbocycles. The van der Waals surface area contributed by atoms with Gasteiger partial charge in [0.15, 0.2) is 0 Å². The minimum atomic E-state index is 0.125. The molecule has 1 N–H and O–H groups in total. The van der Waals surface area contributed by atoms with Crippen LogP contribution in [-0.2, 0) is 0 Å². The second-order valence-electron chi connectivity index (χ2n) is 4.20. The summed E-state index contributed by atoms with van der Waals surface area (Å²) in [5, 5.41) is 8.93. The van der Waals surface area contributed by atoms with Crippen LogP contribution in [0.5, 0.6) is 0 Å². The first-order valence-corrected chi connectivity index (χ1v) is 5.97. The number of hydrogen-bond acceptors (Lipinski definition) is 5. The van der Waals surface area contributed by atoms with Crippen LogP contribution >= 0.6 is 0 Å². The van der Waals surface area contributed by atoms with Crippen molar-refractivity contribution < 1.29 is 5.11 Å². The van der Waals surface area contributed by atoms with Gasteiger partial charge in [0.1, 0.15) is 17.5 Å². The molecule has 0 saturated heterocycles. The molecule has 17 heavy (non-hydrogen) atoms. The van der Waals surface area contributed by atoms with E-state index in [0.29, 0.717) is 6.54 Å². The van der Waals surface area contributed by atoms with E-state index in [9.17, 15) is 0 Å². The molecule has 5 nitrogen and oxygen atoms in total. The van der Waals surface area contributed by atoms with Gasteiger partial charge in [-0.15, -0.1) is 0 Å². The molecule has 0 radical (unpaired) electrons. The van der Waals surface area contributed by atoms with Crippen molar-refractivity contribution in [1.82, 2.24) is 9.97 Å². The summed E-state index contributed by atoms with van der Waals surface area (Å²) in [6.45, 7) is 5.70. The lowest BCUT2D eigenvalue weighted by atomic mass is 10.4. The molecule has 0 aliphatic heterocycles. The first-order valence-electron chi connectivity index (χ1n) is 5.97. The van der Waals surface area contributed by atoms with Crippen molar-refractivity contribution in [2.24, 2.45) is 0 Å². The molecule has 0 aliphatic rings. The first-order chi connectivity index (χ1) is 8.08. The Balaban J connectivity index is 2.93. The number of aromatic nitrogens is 2. The zero-order chi connectivity index (χ0) is 12.8. The predicted molar refractivity (Wildman–Crippen MR) is 70.7 cm³/mol. The zero-order valence-corrected chi connectivity index (χ0v) is 11.1. The van der Waals surface area contributed by atoms with Gasteiger partial charge >= 0.3 is 0 Å². The van der Waals surface area contributed by atoms with E-state index < -0.39 is 0 Å². The van der Waals surface area contributed by atoms with Crippen molar-refractivity contribution in [2.75, 3.05) is 43.6 Å². The van der Waals surface area contributed by atoms with Crippen LogP contribution < -0.4 is 9.80 Å². The highest BCUT2D eigenvalue weighted by Crippen LogP contribution is 2.17. The molecule has 0 saturated carbocycles. The first kappa shape index (κ1) is 13.7. The van der Waals surface area contributed by atoms with Crippen molar-refractivity contribution in [3.63, 3.8) is 0 Å². The lowest BCUT2D eigenvalue weighted by molar-refractivity contribution is 0.304. The summed E-state index contributed by atoms with van der Waals surface area (Å²) in [5.74, 6) is 2.54. The van der Waals surface area contributed by atoms with Crippen LogP contribution in [0.15, 0.2) is 6.07 Å². The van der Waals surface area contributed by atoms with E-state index >= 15 is 0 Å². The summed E-state index contributed by atoms with van der Waals surface area (Å²) in [6, 6.07) is 1.96. The molecule has 0 bridgehead atoms. The Morgan fingerprint density at radius 3 is 2.12 bits per heavy atom. The van der Waals surface area contributed by atoms with Crippen molar-refractivity contribution in [2.45, 2.75) is 20.3 Å². The van der Waals surface area contributed by atoms with E-state index in [1.807, 2.05) is 32.0 Å². The standard InChI is InChI=1S/C12H22N4O/c1-5-6-15(3)11-9-12(14-10(2)13-11)16(4)7-8-17/h9,17H,5-8H2,1-4H3. The van der Waals surface area contributed by atoms with Crippen molar-refractivity contribution in [3.05, 3.63) is 11.9 Å². The monoisotopic (exact) mass is 238 g/mol. The molecular formula is C12H22N4O. The fraction of sp³-hybridized carbons (Fsp3) is 0.667. The van der Waals surface area contributed by atoms with Gasteiger partial charge in [-0.3, -0.25) is 0 Å². The van der Waals surface area contributed by atoms with Gasteiger partial charge < -0.3 is 14.9 Å². The molecule has 0 atom stereocenters. The lowest BCUT2D eigenvalue weighted by Crippen LogP contribution is -2.24. The average Bonchev–Trinajstić information content (AvgIpc) is 2.29. The van der Waals surface area contributed by atoms with E-state index in [1.165, 1.54) is 0 Å². The molecule has 1 rings (SSSR count). The van der Waals surface area contributed by atoms with Crippen molar-refractivity contribution in [1.29, 1.82) is 0 Å². The molecule has 0 unspecified atom stereocenters. The Kier molecular flexibility index (Phi) is 5.15. The number of likely N-dealkylation sites (N-methyl/N-ethyl adjacent to an activating group) is 1. The summed E-state index contributed by atoms with van der Waals surface area (Å²) in [6.07, 6.45) is 1.08. The van der Waals surface area contributed by atoms with Gasteiger partial charge in [-0.05, 0) is 13.3 Å². The maximum Gasteiger partial charge on any atom is 0.134 e. The fourth-order valence-electron chi connectivity index (χ4n) is 1.64. The van der Waals surface area contributed by atoms with E-state index in [1.54, 1.807) is 0 Å². The summed E-state index contributed by atoms with van der Waals surface area (Å²) in [5.41, 5.74) is 0. The largest absolute Gasteiger partial charge is 0.395 e. The van der Waals surface area contributed by atoms with Gasteiger partial charge in [-0.25, -0.2) is 9.97 Å². The van der Waals surface area contributed by atoms with E-state index in [4.69, 9.17) is 5.11 Å². The third-order valence-corrected chi connectivity index (χ3v) is 2.59. The number of aliphatic hydroxyl groups is 1. The lowest BCUT2D eigenvalue weighted by Gasteiger charge is -2.21. The zero-order valence-electron chi connectivity index (χ0n) is 11.1. The number of rotatable bonds is 6. The van der Waals surface area contributed by atoms with Crippen LogP contribution in [0.3, 0.4) is 0 Å². The summed E-state index contributed by atoms with van der Waals surface area (Å²) < 4.78 is 0. The molecule has 0 aromatic carbocycles. The third-order valence-electron chi connectivity index (χ3n) is 2.59. The van der Waals surface area contributed by atoms with Crippen molar-refractivity contribution in [3.8, 4) is 0 Å². The number of aryl methyl sites for hydroxylation is 1. The maximum absolute atomic E-state index is 8.93. The smallest absolute Gasteiger partial charge is 0.134 e. The Labute approximate surface area is 103 Å². The third kappa shape index (κ3) is 3.85. The molecule has 1 aromatic heterocycles. The number of hydrogen-bond donors (Lipinski definition) is 1. The van der Waals surface area contributed by atoms with Gasteiger partial charge in [0.2, 0.25) is 0 Å². The average molecular weight is 238 g/mol. The highest BCUT2D eigenvalue weighted by molar-refractivity contribution is 5.50. The molecular weight excluding hydrogens is 216 g/mol. The highest BCUT2D eigenvalue weighted by Gasteiger charge is 2.08. The Morgan fingerprint density at radius 1 is 1.12 bits per heavy atom. The van der Waals surface area contributed by atoms with Crippen LogP contribution in [0.4, 0.5) is 11.6 Å². The Hall–Kier alpha value is -1.36. The number of aliphatic hydroxyl groups excluding tert-OH is 1. The van der Waals surface area contributed by atoms with Crippen LogP contribution in [0, 0.1) is 6.92 Å². The minimum Gasteiger partial charge on any atom is -0.395 e. The van der Waals surface area contributed by atoms with Gasteiger partial charge in [0.05, 0.1) is 6.61 Å². The second kappa shape index (κ2) is 6.39. The second-order valence-corrected chi connectivity index (χ2v) is 4.20. The number of nitrogens with zero attached hydrogens (tertiary/aromatic N) is 4. The minimum absolute atomic E-state index is 0.125. The number of anilines is 2. The van der Waals surface area contributed by atoms with Crippen LogP contribution in [0.1, 0.15) is 19.2 Å². The molecule has 5 heteroatoms. The molecule has 0 amide bonds. The van der Waals surface area contributed by atoms with Crippen LogP contribution in [-0.4, -0.2) is 48.9 Å². The summed E-state index contributed by atoms with van der Waals surface area (Å²) >= 11 is 0. The predicted octanol–water partition coefficient (Wildman–Crippen LogP) is 1.06. The van der Waals surface area contributed by atoms with Crippen LogP contribution in [0.25, 0.3) is 0 Å². The Morgan fingerprint density at radius 2 is 1.65 bits per heavy atom. The topological polar surface area (TPSA) is 52.5 Å². The molecule has 0 fully saturated rings. The fourth-order valence-corrected chi connectivity index (χ4v) is 1.64. The summed E-state index contributed by atoms with van der Waals surface area (Å²) in [4.78, 5) is 12.8. The SMILES string of the molecule is CCCN(C)c1cc(N(C)CCO)nc(C)n1. The van der Waals surface area contributed by atoms with Gasteiger partial charge in [0, 0.05) is 33.3 Å². The molecule has 96 valence electrons. The Bertz CT molecular complexity index is 326. The van der Waals surface area contributed by atoms with Crippen LogP contribution in [0.2, 0.25) is 0 Å². The van der Waals surface area contributed by atoms with E-state index in [0.717, 1.165) is 30.4 Å². The van der Waals surface area contributed by atoms with Crippen molar-refractivity contribution >= 4 is 11.6 Å². The van der Waals surface area contributed by atoms with E-state index in [2.05, 4.69) is 21.8 Å². The molecule has 1 aromatic rings. The molecule has 1 heterocycles. The van der Waals surface area contributed by atoms with Gasteiger partial charge in [-0.1, -0.05) is 6.92 Å². The molecule has 0 spiro atoms. The van der Waals surface area contributed by atoms with Gasteiger partial charge in [0.25, 0.3) is 0 Å². The highest BCUT2D eigenvalue weighted by atomic mass is 16.3. The van der Waals surface area contributed by atoms with E-state index in [-0.39, 0.29) is 6.61 Å².